The molecule has 0 unspecified atom stereocenters. The van der Waals surface area contributed by atoms with E-state index in [-0.39, 0.29) is 0 Å². The summed E-state index contributed by atoms with van der Waals surface area (Å²) in [7, 11) is 0. The van der Waals surface area contributed by atoms with Gasteiger partial charge in [-0.15, -0.1) is 22.7 Å². The Morgan fingerprint density at radius 2 is 0.643 bits per heavy atom. The topological polar surface area (TPSA) is 55.4 Å². The monoisotopic (exact) mass is 770 g/mol. The average Bonchev–Trinajstić information content (AvgIpc) is 3.82. The van der Waals surface area contributed by atoms with Crippen molar-refractivity contribution in [2.24, 2.45) is 0 Å². The molecular weight excluding hydrogens is 737 g/mol. The van der Waals surface area contributed by atoms with Crippen LogP contribution >= 0.6 is 22.7 Å². The van der Waals surface area contributed by atoms with E-state index in [1.807, 2.05) is 72.8 Å². The molecule has 6 heterocycles. The van der Waals surface area contributed by atoms with Gasteiger partial charge >= 0.3 is 0 Å². The largest absolute Gasteiger partial charge is 0.485 e. The molecule has 0 spiro atoms. The average molecular weight is 771 g/mol. The Bertz CT molecular complexity index is 2310. The minimum Gasteiger partial charge on any atom is -0.485 e. The normalized spacial score (nSPS) is 15.7. The van der Waals surface area contributed by atoms with Gasteiger partial charge in [0.25, 0.3) is 0 Å². The van der Waals surface area contributed by atoms with E-state index in [0.717, 1.165) is 98.9 Å². The molecule has 0 saturated heterocycles. The SMILES string of the molecule is C(=C1C=C(c2ccccc2)OC(c2ccccc2)=C1)c1sc(-c2sc(C=C3C=C(c4ccccc4)OC(c4ccccc4)=C3)c3c2OCCO3)c2c1OCCO2. The van der Waals surface area contributed by atoms with Crippen LogP contribution in [0.1, 0.15) is 32.0 Å². The molecule has 0 atom stereocenters. The van der Waals surface area contributed by atoms with Crippen molar-refractivity contribution >= 4 is 57.9 Å². The molecule has 0 bridgehead atoms. The highest BCUT2D eigenvalue weighted by molar-refractivity contribution is 7.24. The van der Waals surface area contributed by atoms with Crippen molar-refractivity contribution in [3.05, 3.63) is 189 Å². The maximum Gasteiger partial charge on any atom is 0.181 e. The number of benzene rings is 4. The van der Waals surface area contributed by atoms with Crippen LogP contribution in [0.3, 0.4) is 0 Å². The van der Waals surface area contributed by atoms with E-state index >= 15 is 0 Å². The number of thiophene rings is 2. The van der Waals surface area contributed by atoms with Gasteiger partial charge in [-0.3, -0.25) is 0 Å². The lowest BCUT2D eigenvalue weighted by molar-refractivity contribution is 0.171. The fraction of sp³-hybridized carbons (Fsp3) is 0.0833. The van der Waals surface area contributed by atoms with Crippen LogP contribution < -0.4 is 18.9 Å². The van der Waals surface area contributed by atoms with E-state index < -0.39 is 0 Å². The van der Waals surface area contributed by atoms with Crippen LogP contribution in [0.5, 0.6) is 23.0 Å². The third kappa shape index (κ3) is 6.74. The van der Waals surface area contributed by atoms with Crippen LogP contribution in [-0.4, -0.2) is 26.4 Å². The van der Waals surface area contributed by atoms with Gasteiger partial charge in [0.2, 0.25) is 0 Å². The smallest absolute Gasteiger partial charge is 0.181 e. The second-order valence-electron chi connectivity index (χ2n) is 13.3. The summed E-state index contributed by atoms with van der Waals surface area (Å²) in [6, 6.07) is 40.7. The van der Waals surface area contributed by atoms with Gasteiger partial charge < -0.3 is 28.4 Å². The van der Waals surface area contributed by atoms with Crippen molar-refractivity contribution in [2.75, 3.05) is 26.4 Å². The van der Waals surface area contributed by atoms with E-state index in [1.54, 1.807) is 22.7 Å². The standard InChI is InChI=1S/C48H34O6S2/c1-5-13-33(14-6-1)37-25-31(26-38(53-37)34-15-7-2-8-16-34)29-41-43-45(51-23-21-49-43)47(55-41)48-46-44(50-22-24-52-46)42(56-48)30-32-27-39(35-17-9-3-10-18-35)54-40(28-32)36-19-11-4-12-20-36/h1-20,25-30H,21-24H2. The van der Waals surface area contributed by atoms with E-state index in [9.17, 15) is 0 Å². The third-order valence-electron chi connectivity index (χ3n) is 9.51. The minimum absolute atomic E-state index is 0.457. The summed E-state index contributed by atoms with van der Waals surface area (Å²) in [5.41, 5.74) is 5.96. The zero-order valence-corrected chi connectivity index (χ0v) is 31.7. The van der Waals surface area contributed by atoms with Crippen molar-refractivity contribution in [2.45, 2.75) is 0 Å². The van der Waals surface area contributed by atoms with Crippen LogP contribution in [0.25, 0.3) is 44.9 Å². The number of fused-ring (bicyclic) bond motifs is 2. The van der Waals surface area contributed by atoms with Crippen molar-refractivity contribution in [3.63, 3.8) is 0 Å². The fourth-order valence-electron chi connectivity index (χ4n) is 6.93. The molecule has 8 heteroatoms. The first-order valence-electron chi connectivity index (χ1n) is 18.5. The van der Waals surface area contributed by atoms with Crippen LogP contribution in [0.4, 0.5) is 0 Å². The number of ether oxygens (including phenoxy) is 6. The first-order valence-corrected chi connectivity index (χ1v) is 20.1. The molecule has 0 aliphatic carbocycles. The quantitative estimate of drug-likeness (QED) is 0.161. The van der Waals surface area contributed by atoms with Crippen molar-refractivity contribution in [1.82, 2.24) is 0 Å². The van der Waals surface area contributed by atoms with Gasteiger partial charge in [-0.2, -0.15) is 0 Å². The second-order valence-corrected chi connectivity index (χ2v) is 15.4. The molecular formula is C48H34O6S2. The van der Waals surface area contributed by atoms with E-state index in [0.29, 0.717) is 26.4 Å². The molecule has 0 amide bonds. The third-order valence-corrected chi connectivity index (χ3v) is 11.9. The predicted molar refractivity (Wildman–Crippen MR) is 225 cm³/mol. The van der Waals surface area contributed by atoms with Crippen molar-refractivity contribution in [1.29, 1.82) is 0 Å². The number of allylic oxidation sites excluding steroid dienone is 6. The Balaban J connectivity index is 1.08. The molecule has 4 aromatic carbocycles. The Morgan fingerprint density at radius 3 is 0.946 bits per heavy atom. The molecule has 0 radical (unpaired) electrons. The summed E-state index contributed by atoms with van der Waals surface area (Å²) in [6.07, 6.45) is 12.6. The summed E-state index contributed by atoms with van der Waals surface area (Å²) in [6.45, 7) is 1.84. The molecule has 0 saturated carbocycles. The highest BCUT2D eigenvalue weighted by atomic mass is 32.1. The Labute approximate surface area is 332 Å². The molecule has 10 rings (SSSR count). The predicted octanol–water partition coefficient (Wildman–Crippen LogP) is 12.0. The lowest BCUT2D eigenvalue weighted by Crippen LogP contribution is -2.15. The Hall–Kier alpha value is -6.48. The highest BCUT2D eigenvalue weighted by Crippen LogP contribution is 2.58. The molecule has 4 aliphatic rings. The summed E-state index contributed by atoms with van der Waals surface area (Å²) in [5, 5.41) is 0. The van der Waals surface area contributed by atoms with E-state index in [2.05, 4.69) is 85.0 Å². The lowest BCUT2D eigenvalue weighted by Gasteiger charge is -2.20. The van der Waals surface area contributed by atoms with Gasteiger partial charge in [-0.05, 0) is 47.6 Å². The Morgan fingerprint density at radius 1 is 0.357 bits per heavy atom. The first kappa shape index (κ1) is 34.0. The van der Waals surface area contributed by atoms with Gasteiger partial charge in [0.05, 0.1) is 19.5 Å². The van der Waals surface area contributed by atoms with Crippen LogP contribution in [0.15, 0.2) is 157 Å². The zero-order valence-electron chi connectivity index (χ0n) is 30.1. The molecule has 56 heavy (non-hydrogen) atoms. The molecule has 6 nitrogen and oxygen atoms in total. The number of rotatable bonds is 7. The van der Waals surface area contributed by atoms with Gasteiger partial charge in [0.1, 0.15) is 49.5 Å². The number of hydrogen-bond donors (Lipinski definition) is 0. The molecule has 4 aliphatic heterocycles. The van der Waals surface area contributed by atoms with Gasteiger partial charge in [-0.25, -0.2) is 0 Å². The summed E-state index contributed by atoms with van der Waals surface area (Å²) in [4.78, 5) is 3.80. The van der Waals surface area contributed by atoms with Gasteiger partial charge in [0, 0.05) is 22.3 Å². The van der Waals surface area contributed by atoms with E-state index in [4.69, 9.17) is 28.4 Å². The van der Waals surface area contributed by atoms with Crippen LogP contribution in [0.2, 0.25) is 0 Å². The lowest BCUT2D eigenvalue weighted by atomic mass is 10.0. The second kappa shape index (κ2) is 15.0. The van der Waals surface area contributed by atoms with E-state index in [1.165, 1.54) is 0 Å². The summed E-state index contributed by atoms with van der Waals surface area (Å²) >= 11 is 3.26. The van der Waals surface area contributed by atoms with Crippen LogP contribution in [0, 0.1) is 0 Å². The summed E-state index contributed by atoms with van der Waals surface area (Å²) < 4.78 is 38.5. The Kier molecular flexibility index (Phi) is 9.11. The van der Waals surface area contributed by atoms with Crippen molar-refractivity contribution < 1.29 is 28.4 Å². The fourth-order valence-corrected chi connectivity index (χ4v) is 9.35. The molecule has 0 fully saturated rings. The van der Waals surface area contributed by atoms with Crippen molar-refractivity contribution in [3.8, 4) is 32.8 Å². The maximum atomic E-state index is 6.48. The van der Waals surface area contributed by atoms with Gasteiger partial charge in [-0.1, -0.05) is 121 Å². The minimum atomic E-state index is 0.457. The molecule has 2 aromatic heterocycles. The zero-order chi connectivity index (χ0) is 37.3. The number of hydrogen-bond acceptors (Lipinski definition) is 8. The maximum absolute atomic E-state index is 6.48. The molecule has 0 N–H and O–H groups in total. The molecule has 6 aromatic rings. The van der Waals surface area contributed by atoms with Gasteiger partial charge in [0.15, 0.2) is 23.0 Å². The summed E-state index contributed by atoms with van der Waals surface area (Å²) in [5.74, 6) is 6.01. The van der Waals surface area contributed by atoms with Crippen LogP contribution in [-0.2, 0) is 9.47 Å². The molecule has 274 valence electrons. The first-order chi connectivity index (χ1) is 27.7. The highest BCUT2D eigenvalue weighted by Gasteiger charge is 2.32.